The molecule has 0 saturated heterocycles. The summed E-state index contributed by atoms with van der Waals surface area (Å²) in [4.78, 5) is 0. The molecule has 0 aliphatic rings. The first-order chi connectivity index (χ1) is 6.66. The molecule has 14 heavy (non-hydrogen) atoms. The van der Waals surface area contributed by atoms with Crippen LogP contribution < -0.4 is 0 Å². The summed E-state index contributed by atoms with van der Waals surface area (Å²) in [6, 6.07) is 6.50. The molecule has 0 radical (unpaired) electrons. The Bertz CT molecular complexity index is 345. The zero-order valence-corrected chi connectivity index (χ0v) is 10.8. The fraction of sp³-hybridized carbons (Fsp3) is 0.385. The summed E-state index contributed by atoms with van der Waals surface area (Å²) >= 11 is 2.43. The zero-order valence-electron chi connectivity index (χ0n) is 8.68. The van der Waals surface area contributed by atoms with Crippen molar-refractivity contribution in [1.82, 2.24) is 0 Å². The molecule has 0 N–H and O–H groups in total. The average Bonchev–Trinajstić information content (AvgIpc) is 2.16. The van der Waals surface area contributed by atoms with Crippen molar-refractivity contribution in [2.75, 3.05) is 0 Å². The smallest absolute Gasteiger partial charge is 0.0197 e. The second-order valence-electron chi connectivity index (χ2n) is 3.68. The molecule has 1 aromatic carbocycles. The van der Waals surface area contributed by atoms with Crippen molar-refractivity contribution in [2.24, 2.45) is 0 Å². The predicted octanol–water partition coefficient (Wildman–Crippen LogP) is 3.98. The molecule has 0 nitrogen and oxygen atoms in total. The fourth-order valence-electron chi connectivity index (χ4n) is 1.45. The van der Waals surface area contributed by atoms with Gasteiger partial charge in [0.25, 0.3) is 0 Å². The van der Waals surface area contributed by atoms with Crippen molar-refractivity contribution in [3.8, 4) is 12.3 Å². The maximum Gasteiger partial charge on any atom is 0.0197 e. The molecule has 0 unspecified atom stereocenters. The first kappa shape index (κ1) is 11.6. The first-order valence-corrected chi connectivity index (χ1v) is 5.95. The van der Waals surface area contributed by atoms with E-state index in [-0.39, 0.29) is 0 Å². The van der Waals surface area contributed by atoms with E-state index < -0.39 is 0 Å². The van der Waals surface area contributed by atoms with E-state index in [4.69, 9.17) is 6.42 Å². The summed E-state index contributed by atoms with van der Waals surface area (Å²) in [5, 5.41) is 0. The molecule has 0 aliphatic heterocycles. The highest BCUT2D eigenvalue weighted by Gasteiger charge is 2.07. The monoisotopic (exact) mass is 298 g/mol. The molecule has 1 aromatic rings. The summed E-state index contributed by atoms with van der Waals surface area (Å²) in [6.45, 7) is 4.45. The van der Waals surface area contributed by atoms with Gasteiger partial charge >= 0.3 is 0 Å². The van der Waals surface area contributed by atoms with Crippen LogP contribution in [0.25, 0.3) is 0 Å². The SMILES string of the molecule is C#CCCc1cccc(C(C)C)c1I. The lowest BCUT2D eigenvalue weighted by Crippen LogP contribution is -1.97. The molecule has 0 aliphatic carbocycles. The Kier molecular flexibility index (Phi) is 4.47. The van der Waals surface area contributed by atoms with Crippen molar-refractivity contribution in [2.45, 2.75) is 32.6 Å². The van der Waals surface area contributed by atoms with Crippen molar-refractivity contribution < 1.29 is 0 Å². The normalized spacial score (nSPS) is 10.2. The third kappa shape index (κ3) is 2.75. The van der Waals surface area contributed by atoms with Gasteiger partial charge in [-0.2, -0.15) is 0 Å². The Balaban J connectivity index is 2.96. The maximum atomic E-state index is 5.27. The summed E-state index contributed by atoms with van der Waals surface area (Å²) in [7, 11) is 0. The third-order valence-corrected chi connectivity index (χ3v) is 3.58. The topological polar surface area (TPSA) is 0 Å². The highest BCUT2D eigenvalue weighted by Crippen LogP contribution is 2.24. The molecule has 0 fully saturated rings. The van der Waals surface area contributed by atoms with Gasteiger partial charge in [0.1, 0.15) is 0 Å². The third-order valence-electron chi connectivity index (χ3n) is 2.27. The number of terminal acetylenes is 1. The van der Waals surface area contributed by atoms with Crippen molar-refractivity contribution >= 4 is 22.6 Å². The van der Waals surface area contributed by atoms with E-state index in [1.165, 1.54) is 14.7 Å². The molecule has 0 spiro atoms. The quantitative estimate of drug-likeness (QED) is 0.585. The number of hydrogen-bond donors (Lipinski definition) is 0. The molecule has 0 aromatic heterocycles. The lowest BCUT2D eigenvalue weighted by molar-refractivity contribution is 0.852. The van der Waals surface area contributed by atoms with Crippen molar-refractivity contribution in [3.05, 3.63) is 32.9 Å². The van der Waals surface area contributed by atoms with Crippen LogP contribution in [0.4, 0.5) is 0 Å². The minimum absolute atomic E-state index is 0.590. The zero-order chi connectivity index (χ0) is 10.6. The summed E-state index contributed by atoms with van der Waals surface area (Å²) in [6.07, 6.45) is 7.10. The Labute approximate surface area is 100 Å². The lowest BCUT2D eigenvalue weighted by atomic mass is 9.99. The van der Waals surface area contributed by atoms with E-state index in [9.17, 15) is 0 Å². The standard InChI is InChI=1S/C13H15I/c1-4-5-7-11-8-6-9-12(10(2)3)13(11)14/h1,6,8-10H,5,7H2,2-3H3. The average molecular weight is 298 g/mol. The molecule has 0 atom stereocenters. The molecular weight excluding hydrogens is 283 g/mol. The summed E-state index contributed by atoms with van der Waals surface area (Å²) < 4.78 is 1.38. The van der Waals surface area contributed by atoms with Crippen LogP contribution in [-0.4, -0.2) is 0 Å². The van der Waals surface area contributed by atoms with Gasteiger partial charge in [-0.1, -0.05) is 32.0 Å². The van der Waals surface area contributed by atoms with Gasteiger partial charge in [0.2, 0.25) is 0 Å². The van der Waals surface area contributed by atoms with E-state index in [2.05, 4.69) is 60.6 Å². The first-order valence-electron chi connectivity index (χ1n) is 4.87. The van der Waals surface area contributed by atoms with E-state index in [1.807, 2.05) is 0 Å². The molecule has 0 heterocycles. The minimum atomic E-state index is 0.590. The number of benzene rings is 1. The molecular formula is C13H15I. The minimum Gasteiger partial charge on any atom is -0.120 e. The Morgan fingerprint density at radius 3 is 2.71 bits per heavy atom. The van der Waals surface area contributed by atoms with Gasteiger partial charge in [0.15, 0.2) is 0 Å². The number of hydrogen-bond acceptors (Lipinski definition) is 0. The lowest BCUT2D eigenvalue weighted by Gasteiger charge is -2.11. The predicted molar refractivity (Wildman–Crippen MR) is 70.4 cm³/mol. The van der Waals surface area contributed by atoms with Crippen molar-refractivity contribution in [3.63, 3.8) is 0 Å². The Morgan fingerprint density at radius 2 is 2.14 bits per heavy atom. The number of rotatable bonds is 3. The molecule has 0 saturated carbocycles. The molecule has 1 heteroatoms. The van der Waals surface area contributed by atoms with Crippen LogP contribution in [0.15, 0.2) is 18.2 Å². The second-order valence-corrected chi connectivity index (χ2v) is 4.76. The van der Waals surface area contributed by atoms with E-state index in [0.717, 1.165) is 12.8 Å². The van der Waals surface area contributed by atoms with Gasteiger partial charge in [-0.25, -0.2) is 0 Å². The maximum absolute atomic E-state index is 5.27. The van der Waals surface area contributed by atoms with Gasteiger partial charge < -0.3 is 0 Å². The molecule has 74 valence electrons. The van der Waals surface area contributed by atoms with Gasteiger partial charge in [0.05, 0.1) is 0 Å². The Hall–Kier alpha value is -0.490. The summed E-state index contributed by atoms with van der Waals surface area (Å²) in [5.41, 5.74) is 2.81. The molecule has 0 amide bonds. The second kappa shape index (κ2) is 5.41. The highest BCUT2D eigenvalue weighted by atomic mass is 127. The van der Waals surface area contributed by atoms with Gasteiger partial charge in [0, 0.05) is 9.99 Å². The molecule has 1 rings (SSSR count). The van der Waals surface area contributed by atoms with Crippen LogP contribution in [0.5, 0.6) is 0 Å². The number of aryl methyl sites for hydroxylation is 1. The largest absolute Gasteiger partial charge is 0.120 e. The van der Waals surface area contributed by atoms with Crippen LogP contribution in [-0.2, 0) is 6.42 Å². The van der Waals surface area contributed by atoms with Crippen LogP contribution in [0, 0.1) is 15.9 Å². The molecule has 0 bridgehead atoms. The van der Waals surface area contributed by atoms with Gasteiger partial charge in [-0.15, -0.1) is 12.3 Å². The summed E-state index contributed by atoms with van der Waals surface area (Å²) in [5.74, 6) is 3.28. The van der Waals surface area contributed by atoms with Gasteiger partial charge in [-0.05, 0) is 46.1 Å². The highest BCUT2D eigenvalue weighted by molar-refractivity contribution is 14.1. The number of halogens is 1. The fourth-order valence-corrected chi connectivity index (χ4v) is 2.70. The van der Waals surface area contributed by atoms with E-state index in [1.54, 1.807) is 0 Å². The van der Waals surface area contributed by atoms with Crippen LogP contribution in [0.3, 0.4) is 0 Å². The van der Waals surface area contributed by atoms with Crippen molar-refractivity contribution in [1.29, 1.82) is 0 Å². The van der Waals surface area contributed by atoms with Crippen LogP contribution in [0.2, 0.25) is 0 Å². The van der Waals surface area contributed by atoms with Gasteiger partial charge in [-0.3, -0.25) is 0 Å². The van der Waals surface area contributed by atoms with Crippen LogP contribution in [0.1, 0.15) is 37.3 Å². The Morgan fingerprint density at radius 1 is 1.43 bits per heavy atom. The van der Waals surface area contributed by atoms with E-state index >= 15 is 0 Å². The van der Waals surface area contributed by atoms with E-state index in [0.29, 0.717) is 5.92 Å². The van der Waals surface area contributed by atoms with Crippen LogP contribution >= 0.6 is 22.6 Å².